The topological polar surface area (TPSA) is 61.5 Å². The first-order chi connectivity index (χ1) is 14.0. The zero-order valence-corrected chi connectivity index (χ0v) is 20.5. The van der Waals surface area contributed by atoms with Crippen molar-refractivity contribution >= 4 is 58.0 Å². The molecule has 0 bridgehead atoms. The van der Waals surface area contributed by atoms with Crippen molar-refractivity contribution in [3.8, 4) is 5.75 Å². The van der Waals surface area contributed by atoms with E-state index in [2.05, 4.69) is 9.47 Å². The summed E-state index contributed by atoms with van der Waals surface area (Å²) < 4.78 is 8.37. The predicted molar refractivity (Wildman–Crippen MR) is 132 cm³/mol. The first kappa shape index (κ1) is 26.0. The average molecular weight is 505 g/mol. The molecule has 1 fully saturated rings. The van der Waals surface area contributed by atoms with Gasteiger partial charge in [-0.15, -0.1) is 24.8 Å². The van der Waals surface area contributed by atoms with Crippen LogP contribution in [0, 0.1) is 11.3 Å². The first-order valence-corrected chi connectivity index (χ1v) is 11.1. The van der Waals surface area contributed by atoms with Gasteiger partial charge in [0.25, 0.3) is 0 Å². The zero-order chi connectivity index (χ0) is 20.4. The van der Waals surface area contributed by atoms with E-state index in [9.17, 15) is 5.11 Å². The van der Waals surface area contributed by atoms with Crippen LogP contribution in [0.1, 0.15) is 24.5 Å². The van der Waals surface area contributed by atoms with E-state index < -0.39 is 6.10 Å². The highest BCUT2D eigenvalue weighted by atomic mass is 35.5. The number of ether oxygens (including phenoxy) is 1. The van der Waals surface area contributed by atoms with E-state index in [1.165, 1.54) is 11.3 Å². The molecule has 1 unspecified atom stereocenters. The molecule has 0 aliphatic carbocycles. The first-order valence-electron chi connectivity index (χ1n) is 9.91. The van der Waals surface area contributed by atoms with Gasteiger partial charge in [-0.3, -0.25) is 5.41 Å². The molecule has 0 radical (unpaired) electrons. The maximum atomic E-state index is 10.6. The molecule has 31 heavy (non-hydrogen) atoms. The van der Waals surface area contributed by atoms with Gasteiger partial charge in [0, 0.05) is 18.1 Å². The Morgan fingerprint density at radius 2 is 1.84 bits per heavy atom. The minimum absolute atomic E-state index is 0. The minimum atomic E-state index is -0.489. The number of thiazole rings is 1. The van der Waals surface area contributed by atoms with Gasteiger partial charge in [0.05, 0.1) is 23.4 Å². The molecule has 0 spiro atoms. The van der Waals surface area contributed by atoms with E-state index in [-0.39, 0.29) is 24.8 Å². The molecule has 0 amide bonds. The normalized spacial score (nSPS) is 15.8. The van der Waals surface area contributed by atoms with Crippen molar-refractivity contribution in [3.05, 3.63) is 57.9 Å². The van der Waals surface area contributed by atoms with Gasteiger partial charge in [-0.25, -0.2) is 0 Å². The molecule has 9 heteroatoms. The molecule has 1 saturated heterocycles. The van der Waals surface area contributed by atoms with Gasteiger partial charge in [-0.2, -0.15) is 0 Å². The lowest BCUT2D eigenvalue weighted by Gasteiger charge is -2.33. The van der Waals surface area contributed by atoms with Crippen LogP contribution < -0.4 is 9.54 Å². The van der Waals surface area contributed by atoms with Crippen molar-refractivity contribution in [2.45, 2.75) is 25.5 Å². The van der Waals surface area contributed by atoms with Gasteiger partial charge in [-0.1, -0.05) is 35.1 Å². The van der Waals surface area contributed by atoms with Crippen LogP contribution >= 0.6 is 47.8 Å². The monoisotopic (exact) mass is 503 g/mol. The highest BCUT2D eigenvalue weighted by molar-refractivity contribution is 7.16. The lowest BCUT2D eigenvalue weighted by atomic mass is 9.96. The van der Waals surface area contributed by atoms with Gasteiger partial charge in [0.2, 0.25) is 0 Å². The number of nitrogens with one attached hydrogen (secondary N) is 1. The number of aliphatic hydroxyl groups excluding tert-OH is 1. The Morgan fingerprint density at radius 1 is 1.16 bits per heavy atom. The number of piperidine rings is 1. The second-order valence-electron chi connectivity index (χ2n) is 7.66. The third-order valence-electron chi connectivity index (χ3n) is 5.74. The third-order valence-corrected chi connectivity index (χ3v) is 6.94. The summed E-state index contributed by atoms with van der Waals surface area (Å²) in [6.45, 7) is 3.46. The molecule has 4 rings (SSSR count). The summed E-state index contributed by atoms with van der Waals surface area (Å²) in [6.07, 6.45) is 1.66. The summed E-state index contributed by atoms with van der Waals surface area (Å²) in [4.78, 5) is 2.92. The van der Waals surface area contributed by atoms with Crippen molar-refractivity contribution in [1.82, 2.24) is 9.47 Å². The van der Waals surface area contributed by atoms with Gasteiger partial charge in [-0.05, 0) is 67.7 Å². The Bertz CT molecular complexity index is 1030. The van der Waals surface area contributed by atoms with E-state index >= 15 is 0 Å². The maximum Gasteiger partial charge on any atom is 0.182 e. The zero-order valence-electron chi connectivity index (χ0n) is 17.3. The van der Waals surface area contributed by atoms with Crippen LogP contribution in [-0.4, -0.2) is 41.3 Å². The number of hydrogen-bond acceptors (Lipinski definition) is 5. The fourth-order valence-corrected chi connectivity index (χ4v) is 5.23. The molecule has 1 aromatic heterocycles. The number of nitrogens with zero attached hydrogens (tertiary/aromatic N) is 2. The van der Waals surface area contributed by atoms with Crippen LogP contribution in [0.25, 0.3) is 10.2 Å². The van der Waals surface area contributed by atoms with E-state index in [0.717, 1.165) is 59.0 Å². The summed E-state index contributed by atoms with van der Waals surface area (Å²) in [5.74, 6) is 1.35. The molecular formula is C22H28Cl3N3O2S. The summed E-state index contributed by atoms with van der Waals surface area (Å²) >= 11 is 7.58. The second-order valence-corrected chi connectivity index (χ2v) is 9.13. The van der Waals surface area contributed by atoms with Crippen molar-refractivity contribution in [2.75, 3.05) is 26.7 Å². The number of halogens is 3. The standard InChI is InChI=1S/C22H26ClN3O2S.2ClH/c1-28-18-5-2-16(3-6-18)20(27)14-25-10-8-15(9-11-25)13-26-19-7-4-17(23)12-21(19)29-22(26)24;;/h2-7,12,15,20,24,27H,8-11,13-14H2,1H3;2*1H. The number of β-amino-alcohol motifs (C(OH)–C–C–N with tert-alkyl or cyclic N) is 1. The molecule has 1 aliphatic rings. The Kier molecular flexibility index (Phi) is 9.67. The number of likely N-dealkylation sites (tertiary alicyclic amines) is 1. The van der Waals surface area contributed by atoms with Crippen molar-refractivity contribution in [2.24, 2.45) is 5.92 Å². The largest absolute Gasteiger partial charge is 0.497 e. The van der Waals surface area contributed by atoms with E-state index in [1.807, 2.05) is 42.5 Å². The summed E-state index contributed by atoms with van der Waals surface area (Å²) in [6, 6.07) is 13.5. The van der Waals surface area contributed by atoms with Gasteiger partial charge >= 0.3 is 0 Å². The molecular weight excluding hydrogens is 477 g/mol. The molecule has 2 N–H and O–H groups in total. The molecule has 1 aliphatic heterocycles. The SMILES string of the molecule is COc1ccc(C(O)CN2CCC(Cn3c(=N)sc4cc(Cl)ccc43)CC2)cc1.Cl.Cl. The van der Waals surface area contributed by atoms with Crippen LogP contribution in [0.3, 0.4) is 0 Å². The summed E-state index contributed by atoms with van der Waals surface area (Å²) in [5, 5.41) is 19.6. The lowest BCUT2D eigenvalue weighted by molar-refractivity contribution is 0.0867. The van der Waals surface area contributed by atoms with E-state index in [0.29, 0.717) is 17.3 Å². The molecule has 0 saturated carbocycles. The lowest BCUT2D eigenvalue weighted by Crippen LogP contribution is -2.38. The van der Waals surface area contributed by atoms with E-state index in [4.69, 9.17) is 21.7 Å². The highest BCUT2D eigenvalue weighted by Gasteiger charge is 2.23. The molecule has 170 valence electrons. The van der Waals surface area contributed by atoms with Crippen molar-refractivity contribution in [3.63, 3.8) is 0 Å². The molecule has 2 heterocycles. The Morgan fingerprint density at radius 3 is 2.48 bits per heavy atom. The van der Waals surface area contributed by atoms with Crippen LogP contribution in [-0.2, 0) is 6.54 Å². The highest BCUT2D eigenvalue weighted by Crippen LogP contribution is 2.26. The van der Waals surface area contributed by atoms with Gasteiger partial charge in [0.1, 0.15) is 5.75 Å². The number of fused-ring (bicyclic) bond motifs is 1. The quantitative estimate of drug-likeness (QED) is 0.489. The summed E-state index contributed by atoms with van der Waals surface area (Å²) in [7, 11) is 1.64. The number of rotatable bonds is 6. The van der Waals surface area contributed by atoms with Gasteiger partial charge in [0.15, 0.2) is 4.80 Å². The van der Waals surface area contributed by atoms with Gasteiger partial charge < -0.3 is 19.3 Å². The maximum absolute atomic E-state index is 10.6. The van der Waals surface area contributed by atoms with Crippen LogP contribution in [0.5, 0.6) is 5.75 Å². The van der Waals surface area contributed by atoms with Crippen molar-refractivity contribution < 1.29 is 9.84 Å². The number of hydrogen-bond donors (Lipinski definition) is 2. The second kappa shape index (κ2) is 11.5. The fraction of sp³-hybridized carbons (Fsp3) is 0.409. The number of benzene rings is 2. The number of aromatic nitrogens is 1. The molecule has 3 aromatic rings. The minimum Gasteiger partial charge on any atom is -0.497 e. The van der Waals surface area contributed by atoms with Crippen LogP contribution in [0.15, 0.2) is 42.5 Å². The third kappa shape index (κ3) is 6.15. The molecule has 2 aromatic carbocycles. The summed E-state index contributed by atoms with van der Waals surface area (Å²) in [5.41, 5.74) is 2.02. The average Bonchev–Trinajstić information content (AvgIpc) is 3.03. The smallest absolute Gasteiger partial charge is 0.182 e. The number of aliphatic hydroxyl groups is 1. The fourth-order valence-electron chi connectivity index (χ4n) is 4.03. The predicted octanol–water partition coefficient (Wildman–Crippen LogP) is 5.13. The molecule has 1 atom stereocenters. The Labute approximate surface area is 203 Å². The number of methoxy groups -OCH3 is 1. The molecule has 5 nitrogen and oxygen atoms in total. The Balaban J connectivity index is 0.00000171. The van der Waals surface area contributed by atoms with Crippen LogP contribution in [0.4, 0.5) is 0 Å². The van der Waals surface area contributed by atoms with Crippen molar-refractivity contribution in [1.29, 1.82) is 5.41 Å². The van der Waals surface area contributed by atoms with E-state index in [1.54, 1.807) is 7.11 Å². The van der Waals surface area contributed by atoms with Crippen LogP contribution in [0.2, 0.25) is 5.02 Å². The Hall–Kier alpha value is -1.28.